The van der Waals surface area contributed by atoms with Gasteiger partial charge in [-0.1, -0.05) is 31.0 Å². The van der Waals surface area contributed by atoms with Gasteiger partial charge in [-0.3, -0.25) is 14.4 Å². The van der Waals surface area contributed by atoms with Gasteiger partial charge in [-0.05, 0) is 71.2 Å². The van der Waals surface area contributed by atoms with Crippen molar-refractivity contribution in [3.05, 3.63) is 68.9 Å². The Kier molecular flexibility index (Phi) is 10.6. The number of amides is 2. The Labute approximate surface area is 269 Å². The van der Waals surface area contributed by atoms with Gasteiger partial charge in [0, 0.05) is 54.2 Å². The summed E-state index contributed by atoms with van der Waals surface area (Å²) in [6.07, 6.45) is 4.34. The number of H-pyrrole nitrogens is 1. The van der Waals surface area contributed by atoms with Gasteiger partial charge >= 0.3 is 0 Å². The standard InChI is InChI=1S/C33H38IN3O7/c1-43-29-15-20(19-39)14-25(34)31(29)44-28-18-23(32(41)35-11-13-38)17-27(30(28)40)37(33(42)21-6-2-3-7-21)12-10-24-16-22-8-4-5-9-26(22)36-24/h4-5,8-9,14-16,18-19,21,27-28,30,36,38,40H,2-3,6-7,10-13,17H2,1H3,(H,35,41)/t27-,28+,30+/m1/s1. The van der Waals surface area contributed by atoms with Crippen molar-refractivity contribution < 1.29 is 34.1 Å². The molecule has 0 bridgehead atoms. The summed E-state index contributed by atoms with van der Waals surface area (Å²) in [4.78, 5) is 43.9. The summed E-state index contributed by atoms with van der Waals surface area (Å²) in [5.41, 5.74) is 2.74. The van der Waals surface area contributed by atoms with Crippen molar-refractivity contribution in [2.45, 2.75) is 56.8 Å². The van der Waals surface area contributed by atoms with E-state index in [0.717, 1.165) is 42.3 Å². The lowest BCUT2D eigenvalue weighted by Crippen LogP contribution is -2.56. The fourth-order valence-electron chi connectivity index (χ4n) is 6.19. The molecule has 4 N–H and O–H groups in total. The van der Waals surface area contributed by atoms with Crippen molar-refractivity contribution in [2.24, 2.45) is 5.92 Å². The highest BCUT2D eigenvalue weighted by atomic mass is 127. The first-order valence-electron chi connectivity index (χ1n) is 15.0. The third-order valence-corrected chi connectivity index (χ3v) is 9.25. The second-order valence-corrected chi connectivity index (χ2v) is 12.5. The lowest BCUT2D eigenvalue weighted by molar-refractivity contribution is -0.142. The molecular formula is C33H38IN3O7. The van der Waals surface area contributed by atoms with Gasteiger partial charge < -0.3 is 34.9 Å². The first-order chi connectivity index (χ1) is 21.3. The number of halogens is 1. The maximum Gasteiger partial charge on any atom is 0.247 e. The normalized spacial score (nSPS) is 20.3. The molecule has 234 valence electrons. The second-order valence-electron chi connectivity index (χ2n) is 11.3. The van der Waals surface area contributed by atoms with E-state index in [2.05, 4.69) is 16.4 Å². The van der Waals surface area contributed by atoms with Crippen LogP contribution in [0.5, 0.6) is 11.5 Å². The highest BCUT2D eigenvalue weighted by Crippen LogP contribution is 2.37. The first kappa shape index (κ1) is 32.0. The molecule has 2 amide bonds. The Balaban J connectivity index is 1.48. The molecule has 2 aromatic carbocycles. The molecule has 0 saturated heterocycles. The number of ether oxygens (including phenoxy) is 2. The lowest BCUT2D eigenvalue weighted by Gasteiger charge is -2.41. The number of benzene rings is 2. The number of hydrogen-bond donors (Lipinski definition) is 4. The fourth-order valence-corrected chi connectivity index (χ4v) is 6.95. The zero-order chi connectivity index (χ0) is 31.2. The second kappa shape index (κ2) is 14.6. The number of nitrogens with zero attached hydrogens (tertiary/aromatic N) is 1. The van der Waals surface area contributed by atoms with Crippen LogP contribution in [0, 0.1) is 9.49 Å². The Morgan fingerprint density at radius 1 is 1.18 bits per heavy atom. The Hall–Kier alpha value is -3.42. The quantitative estimate of drug-likeness (QED) is 0.165. The van der Waals surface area contributed by atoms with Crippen molar-refractivity contribution in [1.82, 2.24) is 15.2 Å². The maximum atomic E-state index is 14.1. The topological polar surface area (TPSA) is 141 Å². The van der Waals surface area contributed by atoms with Crippen molar-refractivity contribution in [1.29, 1.82) is 0 Å². The molecule has 44 heavy (non-hydrogen) atoms. The van der Waals surface area contributed by atoms with E-state index in [9.17, 15) is 24.6 Å². The number of para-hydroxylation sites is 1. The molecule has 2 aliphatic carbocycles. The molecule has 10 nitrogen and oxygen atoms in total. The molecule has 5 rings (SSSR count). The molecule has 3 atom stereocenters. The molecular weight excluding hydrogens is 677 g/mol. The molecule has 0 spiro atoms. The van der Waals surface area contributed by atoms with Gasteiger partial charge in [-0.2, -0.15) is 0 Å². The number of aliphatic hydroxyl groups excluding tert-OH is 2. The minimum Gasteiger partial charge on any atom is -0.493 e. The van der Waals surface area contributed by atoms with E-state index in [1.165, 1.54) is 7.11 Å². The van der Waals surface area contributed by atoms with Gasteiger partial charge in [-0.25, -0.2) is 0 Å². The van der Waals surface area contributed by atoms with E-state index in [1.54, 1.807) is 23.1 Å². The van der Waals surface area contributed by atoms with Gasteiger partial charge in [0.2, 0.25) is 11.8 Å². The number of rotatable bonds is 12. The van der Waals surface area contributed by atoms with Crippen LogP contribution in [-0.2, 0) is 16.0 Å². The first-order valence-corrected chi connectivity index (χ1v) is 16.0. The number of aromatic amines is 1. The van der Waals surface area contributed by atoms with Crippen molar-refractivity contribution in [2.75, 3.05) is 26.8 Å². The van der Waals surface area contributed by atoms with Crippen LogP contribution in [0.1, 0.15) is 48.2 Å². The van der Waals surface area contributed by atoms with Gasteiger partial charge in [0.1, 0.15) is 18.5 Å². The smallest absolute Gasteiger partial charge is 0.247 e. The molecule has 0 aliphatic heterocycles. The summed E-state index contributed by atoms with van der Waals surface area (Å²) < 4.78 is 12.4. The van der Waals surface area contributed by atoms with Gasteiger partial charge in [0.15, 0.2) is 11.5 Å². The molecule has 1 saturated carbocycles. The molecule has 1 aromatic heterocycles. The largest absolute Gasteiger partial charge is 0.493 e. The SMILES string of the molecule is COc1cc(C=O)cc(I)c1O[C@H]1C=C(C(=O)NCCO)C[C@@H](N(CCc2cc3ccccc3[nH]2)C(=O)C2CCCC2)[C@@H]1O. The molecule has 3 aromatic rings. The van der Waals surface area contributed by atoms with Gasteiger partial charge in [0.25, 0.3) is 0 Å². The summed E-state index contributed by atoms with van der Waals surface area (Å²) >= 11 is 2.04. The third-order valence-electron chi connectivity index (χ3n) is 8.45. The average molecular weight is 716 g/mol. The summed E-state index contributed by atoms with van der Waals surface area (Å²) in [6, 6.07) is 12.5. The number of fused-ring (bicyclic) bond motifs is 1. The Morgan fingerprint density at radius 2 is 1.95 bits per heavy atom. The summed E-state index contributed by atoms with van der Waals surface area (Å²) in [6.45, 7) is 0.191. The van der Waals surface area contributed by atoms with E-state index in [4.69, 9.17) is 9.47 Å². The monoisotopic (exact) mass is 715 g/mol. The number of aliphatic hydroxyl groups is 2. The van der Waals surface area contributed by atoms with Crippen LogP contribution < -0.4 is 14.8 Å². The molecule has 0 radical (unpaired) electrons. The number of aromatic nitrogens is 1. The minimum atomic E-state index is -1.16. The van der Waals surface area contributed by atoms with Crippen molar-refractivity contribution in [3.63, 3.8) is 0 Å². The zero-order valence-corrected chi connectivity index (χ0v) is 26.8. The molecule has 11 heteroatoms. The van der Waals surface area contributed by atoms with Gasteiger partial charge in [0.05, 0.1) is 23.3 Å². The molecule has 1 fully saturated rings. The summed E-state index contributed by atoms with van der Waals surface area (Å²) in [5.74, 6) is 0.0679. The highest BCUT2D eigenvalue weighted by Gasteiger charge is 2.42. The van der Waals surface area contributed by atoms with E-state index in [1.807, 2.05) is 46.9 Å². The van der Waals surface area contributed by atoms with Crippen molar-refractivity contribution >= 4 is 51.6 Å². The Morgan fingerprint density at radius 3 is 2.66 bits per heavy atom. The maximum absolute atomic E-state index is 14.1. The van der Waals surface area contributed by atoms with Gasteiger partial charge in [-0.15, -0.1) is 0 Å². The third kappa shape index (κ3) is 7.10. The minimum absolute atomic E-state index is 0.0269. The van der Waals surface area contributed by atoms with Crippen LogP contribution >= 0.6 is 22.6 Å². The van der Waals surface area contributed by atoms with Crippen LogP contribution in [0.3, 0.4) is 0 Å². The number of aldehydes is 1. The van der Waals surface area contributed by atoms with E-state index < -0.39 is 24.2 Å². The van der Waals surface area contributed by atoms with E-state index in [0.29, 0.717) is 45.5 Å². The summed E-state index contributed by atoms with van der Waals surface area (Å²) in [7, 11) is 1.46. The van der Waals surface area contributed by atoms with Crippen molar-refractivity contribution in [3.8, 4) is 11.5 Å². The number of carbonyl (C=O) groups is 3. The Bertz CT molecular complexity index is 1500. The number of nitrogens with one attached hydrogen (secondary N) is 2. The summed E-state index contributed by atoms with van der Waals surface area (Å²) in [5, 5.41) is 24.9. The van der Waals surface area contributed by atoms with Crippen LogP contribution in [0.2, 0.25) is 0 Å². The van der Waals surface area contributed by atoms with Crippen LogP contribution in [-0.4, -0.2) is 83.3 Å². The van der Waals surface area contributed by atoms with E-state index in [-0.39, 0.29) is 31.4 Å². The zero-order valence-electron chi connectivity index (χ0n) is 24.6. The number of methoxy groups -OCH3 is 1. The van der Waals surface area contributed by atoms with Crippen LogP contribution in [0.4, 0.5) is 0 Å². The highest BCUT2D eigenvalue weighted by molar-refractivity contribution is 14.1. The van der Waals surface area contributed by atoms with E-state index >= 15 is 0 Å². The van der Waals surface area contributed by atoms with Crippen LogP contribution in [0.15, 0.2) is 54.1 Å². The molecule has 1 heterocycles. The average Bonchev–Trinajstić information content (AvgIpc) is 3.72. The lowest BCUT2D eigenvalue weighted by atomic mass is 9.87. The fraction of sp³-hybridized carbons (Fsp3) is 0.424. The predicted octanol–water partition coefficient (Wildman–Crippen LogP) is 3.77. The molecule has 0 unspecified atom stereocenters. The number of hydrogen-bond acceptors (Lipinski definition) is 7. The number of carbonyl (C=O) groups excluding carboxylic acids is 3. The predicted molar refractivity (Wildman–Crippen MR) is 174 cm³/mol. The van der Waals surface area contributed by atoms with Crippen LogP contribution in [0.25, 0.3) is 10.9 Å². The molecule has 2 aliphatic rings.